The molecule has 0 radical (unpaired) electrons. The van der Waals surface area contributed by atoms with Crippen LogP contribution in [0.25, 0.3) is 0 Å². The van der Waals surface area contributed by atoms with Crippen molar-refractivity contribution in [1.29, 1.82) is 0 Å². The van der Waals surface area contributed by atoms with Crippen molar-refractivity contribution in [2.45, 2.75) is 37.0 Å². The third kappa shape index (κ3) is 8.86. The molecule has 1 saturated heterocycles. The van der Waals surface area contributed by atoms with Crippen molar-refractivity contribution >= 4 is 23.8 Å². The maximum atomic E-state index is 12.9. The van der Waals surface area contributed by atoms with Crippen LogP contribution in [0.15, 0.2) is 60.7 Å². The summed E-state index contributed by atoms with van der Waals surface area (Å²) in [7, 11) is 0. The zero-order valence-electron chi connectivity index (χ0n) is 20.5. The van der Waals surface area contributed by atoms with E-state index in [0.29, 0.717) is 0 Å². The Kier molecular flexibility index (Phi) is 12.3. The van der Waals surface area contributed by atoms with Crippen LogP contribution in [0.2, 0.25) is 0 Å². The maximum Gasteiger partial charge on any atom is 1.00 e. The molecule has 1 fully saturated rings. The molecule has 9 nitrogen and oxygen atoms in total. The van der Waals surface area contributed by atoms with Crippen LogP contribution in [0.3, 0.4) is 0 Å². The predicted molar refractivity (Wildman–Crippen MR) is 112 cm³/mol. The first-order valence-electron chi connectivity index (χ1n) is 9.75. The van der Waals surface area contributed by atoms with Crippen LogP contribution in [0, 0.1) is 0 Å². The van der Waals surface area contributed by atoms with Crippen molar-refractivity contribution in [2.24, 2.45) is 0 Å². The van der Waals surface area contributed by atoms with Crippen LogP contribution in [-0.4, -0.2) is 58.1 Å². The Balaban J connectivity index is 0. The summed E-state index contributed by atoms with van der Waals surface area (Å²) < 4.78 is 0. The van der Waals surface area contributed by atoms with E-state index in [4.69, 9.17) is 5.11 Å². The Labute approximate surface area is 238 Å². The van der Waals surface area contributed by atoms with E-state index in [0.717, 1.165) is 11.1 Å². The summed E-state index contributed by atoms with van der Waals surface area (Å²) in [6.07, 6.45) is 0.208. The number of amides is 2. The quantitative estimate of drug-likeness (QED) is 0.170. The number of carboxylic acids is 2. The molecule has 1 heterocycles. The first kappa shape index (κ1) is 29.3. The average molecular weight is 473 g/mol. The van der Waals surface area contributed by atoms with Gasteiger partial charge in [0.25, 0.3) is 0 Å². The van der Waals surface area contributed by atoms with Crippen molar-refractivity contribution in [3.63, 3.8) is 0 Å². The third-order valence-electron chi connectivity index (χ3n) is 4.94. The topological polar surface area (TPSA) is 155 Å². The molecule has 0 aromatic heterocycles. The van der Waals surface area contributed by atoms with Crippen LogP contribution in [0.1, 0.15) is 14.0 Å². The molecule has 0 saturated carbocycles. The summed E-state index contributed by atoms with van der Waals surface area (Å²) in [6.45, 7) is 0. The maximum absolute atomic E-state index is 12.9. The number of carbonyl (C=O) groups is 4. The molecule has 33 heavy (non-hydrogen) atoms. The van der Waals surface area contributed by atoms with Gasteiger partial charge in [0.1, 0.15) is 24.2 Å². The van der Waals surface area contributed by atoms with E-state index in [9.17, 15) is 24.3 Å². The number of rotatable bonds is 10. The molecular weight excluding hydrogens is 448 g/mol. The molecule has 166 valence electrons. The van der Waals surface area contributed by atoms with Crippen molar-refractivity contribution in [1.82, 2.24) is 16.0 Å². The van der Waals surface area contributed by atoms with Crippen LogP contribution in [0.4, 0.5) is 0 Å². The number of carbonyl (C=O) groups excluding carboxylic acids is 2. The van der Waals surface area contributed by atoms with Gasteiger partial charge in [-0.1, -0.05) is 60.7 Å². The van der Waals surface area contributed by atoms with Gasteiger partial charge in [-0.3, -0.25) is 19.7 Å². The first-order valence-corrected chi connectivity index (χ1v) is 9.75. The minimum Gasteiger partial charge on any atom is -1.00 e. The van der Waals surface area contributed by atoms with E-state index in [2.05, 4.69) is 16.0 Å². The number of hydrogen-bond donors (Lipinski definition) is 5. The van der Waals surface area contributed by atoms with E-state index < -0.39 is 47.9 Å². The Morgan fingerprint density at radius 2 is 1.27 bits per heavy atom. The predicted octanol–water partition coefficient (Wildman–Crippen LogP) is -5.82. The van der Waals surface area contributed by atoms with Crippen molar-refractivity contribution in [3.05, 3.63) is 71.8 Å². The molecule has 4 atom stereocenters. The fourth-order valence-corrected chi connectivity index (χ4v) is 3.22. The number of nitrogens with one attached hydrogen (secondary N) is 3. The van der Waals surface area contributed by atoms with Crippen LogP contribution < -0.4 is 75.1 Å². The molecule has 2 aromatic rings. The zero-order valence-corrected chi connectivity index (χ0v) is 22.5. The molecule has 1 aliphatic heterocycles. The van der Waals surface area contributed by atoms with Gasteiger partial charge in [0, 0.05) is 12.8 Å². The Hall–Kier alpha value is -1.72. The fraction of sp³-hybridized carbons (Fsp3) is 0.273. The standard InChI is InChI=1S/C22H23N3O6.2Na.2H/c26-19(24-16(21(28)29)12-14-9-5-2-6-10-14)15(11-13-7-3-1-4-8-13)23-20(27)17-18(25-17)22(30)31;;;;/h1-10,15-18,25H,11-12H2,(H,23,27)(H,24,26)(H,28,29)(H,30,31);;;;/q;2*+1;2*-1/t15-,16-,17-,18-;;;;/m0..../s1. The van der Waals surface area contributed by atoms with E-state index in [1.165, 1.54) is 0 Å². The van der Waals surface area contributed by atoms with Gasteiger partial charge in [-0.2, -0.15) is 0 Å². The Morgan fingerprint density at radius 3 is 1.70 bits per heavy atom. The van der Waals surface area contributed by atoms with Gasteiger partial charge in [-0.25, -0.2) is 4.79 Å². The number of carboxylic acid groups (broad SMARTS) is 2. The van der Waals surface area contributed by atoms with Gasteiger partial charge >= 0.3 is 71.1 Å². The van der Waals surface area contributed by atoms with Crippen LogP contribution in [-0.2, 0) is 32.0 Å². The fourth-order valence-electron chi connectivity index (χ4n) is 3.22. The smallest absolute Gasteiger partial charge is 1.00 e. The van der Waals surface area contributed by atoms with Gasteiger partial charge in [-0.05, 0) is 11.1 Å². The van der Waals surface area contributed by atoms with Gasteiger partial charge in [0.2, 0.25) is 11.8 Å². The molecule has 5 N–H and O–H groups in total. The normalized spacial score (nSPS) is 17.8. The Morgan fingerprint density at radius 1 is 0.788 bits per heavy atom. The Bertz CT molecular complexity index is 972. The molecule has 11 heteroatoms. The monoisotopic (exact) mass is 473 g/mol. The van der Waals surface area contributed by atoms with E-state index in [1.54, 1.807) is 54.6 Å². The van der Waals surface area contributed by atoms with Crippen LogP contribution >= 0.6 is 0 Å². The second-order valence-electron chi connectivity index (χ2n) is 7.30. The van der Waals surface area contributed by atoms with Gasteiger partial charge < -0.3 is 23.7 Å². The molecule has 0 spiro atoms. The largest absolute Gasteiger partial charge is 1.00 e. The summed E-state index contributed by atoms with van der Waals surface area (Å²) in [5, 5.41) is 26.1. The molecular formula is C22H25N3Na2O6. The SMILES string of the molecule is O=C(O)[C@H](Cc1ccccc1)NC(=O)[C@H](Cc1ccccc1)NC(=O)[C@H]1N[C@@H]1C(=O)O.[H-].[H-].[Na+].[Na+]. The van der Waals surface area contributed by atoms with Crippen molar-refractivity contribution in [3.8, 4) is 0 Å². The van der Waals surface area contributed by atoms with E-state index in [-0.39, 0.29) is 74.8 Å². The van der Waals surface area contributed by atoms with Crippen LogP contribution in [0.5, 0.6) is 0 Å². The average Bonchev–Trinajstić information content (AvgIpc) is 3.55. The summed E-state index contributed by atoms with van der Waals surface area (Å²) in [4.78, 5) is 48.0. The minimum absolute atomic E-state index is 0. The van der Waals surface area contributed by atoms with Crippen molar-refractivity contribution < 1.29 is 91.4 Å². The zero-order chi connectivity index (χ0) is 22.4. The van der Waals surface area contributed by atoms with Crippen molar-refractivity contribution in [2.75, 3.05) is 0 Å². The molecule has 2 aromatic carbocycles. The summed E-state index contributed by atoms with van der Waals surface area (Å²) in [5.74, 6) is -3.64. The van der Waals surface area contributed by atoms with E-state index >= 15 is 0 Å². The molecule has 3 rings (SSSR count). The second-order valence-corrected chi connectivity index (χ2v) is 7.30. The molecule has 1 aliphatic rings. The van der Waals surface area contributed by atoms with E-state index in [1.807, 2.05) is 6.07 Å². The summed E-state index contributed by atoms with van der Waals surface area (Å²) in [6, 6.07) is 13.6. The molecule has 2 amide bonds. The van der Waals surface area contributed by atoms with Gasteiger partial charge in [0.05, 0.1) is 0 Å². The third-order valence-corrected chi connectivity index (χ3v) is 4.94. The van der Waals surface area contributed by atoms with Gasteiger partial charge in [-0.15, -0.1) is 0 Å². The summed E-state index contributed by atoms with van der Waals surface area (Å²) >= 11 is 0. The molecule has 0 aliphatic carbocycles. The molecule has 0 unspecified atom stereocenters. The minimum atomic E-state index is -1.20. The first-order chi connectivity index (χ1) is 14.8. The summed E-state index contributed by atoms with van der Waals surface area (Å²) in [5.41, 5.74) is 1.50. The van der Waals surface area contributed by atoms with Gasteiger partial charge in [0.15, 0.2) is 0 Å². The number of hydrogen-bond acceptors (Lipinski definition) is 5. The second kappa shape index (κ2) is 13.9. The number of benzene rings is 2. The molecule has 0 bridgehead atoms. The number of aliphatic carboxylic acids is 2.